The predicted molar refractivity (Wildman–Crippen MR) is 141 cm³/mol. The molecule has 3 N–H and O–H groups in total. The molecule has 0 aromatic heterocycles. The molecule has 0 aliphatic heterocycles. The number of phenolic OH excluding ortho intramolecular Hbond substituents is 3. The molecule has 0 fully saturated rings. The maximum atomic E-state index is 10.1. The number of aromatic hydroxyl groups is 3. The molecule has 0 unspecified atom stereocenters. The van der Waals surface area contributed by atoms with E-state index in [1.165, 1.54) is 0 Å². The van der Waals surface area contributed by atoms with Crippen LogP contribution in [0.1, 0.15) is 33.4 Å². The summed E-state index contributed by atoms with van der Waals surface area (Å²) in [6.45, 7) is 11.7. The third kappa shape index (κ3) is 4.76. The quantitative estimate of drug-likeness (QED) is 0.277. The van der Waals surface area contributed by atoms with Crippen molar-refractivity contribution in [2.75, 3.05) is 4.90 Å². The van der Waals surface area contributed by atoms with E-state index in [2.05, 4.69) is 4.90 Å². The molecule has 35 heavy (non-hydrogen) atoms. The lowest BCUT2D eigenvalue weighted by Crippen LogP contribution is -2.15. The molecule has 0 aliphatic carbocycles. The van der Waals surface area contributed by atoms with Gasteiger partial charge in [0.05, 0.1) is 11.4 Å². The fourth-order valence-corrected chi connectivity index (χ4v) is 4.62. The van der Waals surface area contributed by atoms with Gasteiger partial charge in [0.2, 0.25) is 0 Å². The minimum Gasteiger partial charge on any atom is -0.508 e. The molecule has 180 valence electrons. The summed E-state index contributed by atoms with van der Waals surface area (Å²) in [7, 11) is 0. The molecular formula is C30H31NO4. The first-order valence-corrected chi connectivity index (χ1v) is 11.5. The van der Waals surface area contributed by atoms with Crippen molar-refractivity contribution in [2.45, 2.75) is 41.5 Å². The fraction of sp³-hybridized carbons (Fsp3) is 0.200. The van der Waals surface area contributed by atoms with Gasteiger partial charge >= 0.3 is 0 Å². The largest absolute Gasteiger partial charge is 0.508 e. The zero-order valence-corrected chi connectivity index (χ0v) is 21.0. The Hall–Kier alpha value is -4.12. The Balaban J connectivity index is 1.82. The van der Waals surface area contributed by atoms with Crippen LogP contribution in [-0.2, 0) is 0 Å². The number of hydrogen-bond acceptors (Lipinski definition) is 5. The van der Waals surface area contributed by atoms with Gasteiger partial charge in [-0.15, -0.1) is 0 Å². The van der Waals surface area contributed by atoms with Gasteiger partial charge in [-0.25, -0.2) is 0 Å². The minimum absolute atomic E-state index is 0.228. The highest BCUT2D eigenvalue weighted by Crippen LogP contribution is 2.44. The lowest BCUT2D eigenvalue weighted by Gasteiger charge is -2.31. The molecule has 0 heterocycles. The van der Waals surface area contributed by atoms with E-state index >= 15 is 0 Å². The number of rotatable bonds is 5. The lowest BCUT2D eigenvalue weighted by atomic mass is 10.0. The number of hydrogen-bond donors (Lipinski definition) is 3. The molecule has 5 heteroatoms. The smallest absolute Gasteiger partial charge is 0.130 e. The number of benzene rings is 4. The SMILES string of the molecule is Cc1cc(Oc2ccc(N(c3c(C)cc(O)cc3C)c3c(C)cc(O)cc3C)cc2)c(C)cc1O. The predicted octanol–water partition coefficient (Wildman–Crippen LogP) is 7.92. The van der Waals surface area contributed by atoms with Crippen molar-refractivity contribution in [3.8, 4) is 28.7 Å². The summed E-state index contributed by atoms with van der Waals surface area (Å²) >= 11 is 0. The average molecular weight is 470 g/mol. The van der Waals surface area contributed by atoms with Gasteiger partial charge in [-0.3, -0.25) is 0 Å². The van der Waals surface area contributed by atoms with E-state index in [1.807, 2.05) is 71.9 Å². The third-order valence-electron chi connectivity index (χ3n) is 6.22. The summed E-state index contributed by atoms with van der Waals surface area (Å²) in [5.74, 6) is 2.08. The normalized spacial score (nSPS) is 10.9. The van der Waals surface area contributed by atoms with Gasteiger partial charge < -0.3 is 25.0 Å². The van der Waals surface area contributed by atoms with Crippen LogP contribution in [0.4, 0.5) is 17.1 Å². The van der Waals surface area contributed by atoms with Crippen LogP contribution in [0.15, 0.2) is 60.7 Å². The third-order valence-corrected chi connectivity index (χ3v) is 6.22. The van der Waals surface area contributed by atoms with Crippen molar-refractivity contribution >= 4 is 17.1 Å². The van der Waals surface area contributed by atoms with E-state index in [9.17, 15) is 15.3 Å². The molecule has 0 radical (unpaired) electrons. The summed E-state index contributed by atoms with van der Waals surface area (Å²) in [4.78, 5) is 2.16. The van der Waals surface area contributed by atoms with Gasteiger partial charge in [0, 0.05) is 5.69 Å². The first kappa shape index (κ1) is 24.0. The Morgan fingerprint density at radius 2 is 1.00 bits per heavy atom. The monoisotopic (exact) mass is 469 g/mol. The molecule has 0 saturated heterocycles. The van der Waals surface area contributed by atoms with E-state index in [0.29, 0.717) is 11.5 Å². The van der Waals surface area contributed by atoms with Crippen molar-refractivity contribution in [3.63, 3.8) is 0 Å². The van der Waals surface area contributed by atoms with Gasteiger partial charge in [-0.1, -0.05) is 0 Å². The number of nitrogens with zero attached hydrogens (tertiary/aromatic N) is 1. The van der Waals surface area contributed by atoms with Gasteiger partial charge in [0.1, 0.15) is 28.7 Å². The molecule has 5 nitrogen and oxygen atoms in total. The number of aryl methyl sites for hydroxylation is 6. The van der Waals surface area contributed by atoms with Gasteiger partial charge in [-0.2, -0.15) is 0 Å². The molecule has 4 rings (SSSR count). The highest BCUT2D eigenvalue weighted by atomic mass is 16.5. The maximum absolute atomic E-state index is 10.1. The van der Waals surface area contributed by atoms with Crippen LogP contribution in [0.25, 0.3) is 0 Å². The summed E-state index contributed by atoms with van der Waals surface area (Å²) in [6, 6.07) is 18.4. The van der Waals surface area contributed by atoms with Crippen LogP contribution in [0, 0.1) is 41.5 Å². The molecule has 0 aliphatic rings. The van der Waals surface area contributed by atoms with Crippen LogP contribution >= 0.6 is 0 Å². The number of ether oxygens (including phenoxy) is 1. The molecule has 4 aromatic carbocycles. The Bertz CT molecular complexity index is 1300. The second-order valence-corrected chi connectivity index (χ2v) is 9.19. The summed E-state index contributed by atoms with van der Waals surface area (Å²) < 4.78 is 6.12. The fourth-order valence-electron chi connectivity index (χ4n) is 4.62. The Morgan fingerprint density at radius 1 is 0.543 bits per heavy atom. The summed E-state index contributed by atoms with van der Waals surface area (Å²) in [5, 5.41) is 30.2. The van der Waals surface area contributed by atoms with Crippen LogP contribution in [-0.4, -0.2) is 15.3 Å². The molecule has 0 spiro atoms. The molecule has 4 aromatic rings. The van der Waals surface area contributed by atoms with Crippen molar-refractivity contribution < 1.29 is 20.1 Å². The van der Waals surface area contributed by atoms with E-state index in [-0.39, 0.29) is 17.2 Å². The molecular weight excluding hydrogens is 438 g/mol. The number of anilines is 3. The van der Waals surface area contributed by atoms with E-state index in [4.69, 9.17) is 4.74 Å². The highest BCUT2D eigenvalue weighted by Gasteiger charge is 2.21. The zero-order valence-electron chi connectivity index (χ0n) is 21.0. The Kier molecular flexibility index (Phi) is 6.35. The summed E-state index contributed by atoms with van der Waals surface area (Å²) in [6.07, 6.45) is 0. The standard InChI is InChI=1S/C30H31NO4/c1-17-16-28(18(2)15-27(17)34)35-26-9-7-23(8-10-26)31(29-19(3)11-24(32)12-20(29)4)30-21(5)13-25(33)14-22(30)6/h7-16,32-34H,1-6H3. The Morgan fingerprint density at radius 3 is 1.46 bits per heavy atom. The van der Waals surface area contributed by atoms with Gasteiger partial charge in [0.15, 0.2) is 0 Å². The van der Waals surface area contributed by atoms with Gasteiger partial charge in [-0.05, 0) is 136 Å². The number of phenols is 3. The second-order valence-electron chi connectivity index (χ2n) is 9.19. The first-order chi connectivity index (χ1) is 16.5. The lowest BCUT2D eigenvalue weighted by molar-refractivity contribution is 0.458. The van der Waals surface area contributed by atoms with Crippen molar-refractivity contribution in [2.24, 2.45) is 0 Å². The molecule has 0 amide bonds. The van der Waals surface area contributed by atoms with Crippen molar-refractivity contribution in [1.29, 1.82) is 0 Å². The highest BCUT2D eigenvalue weighted by molar-refractivity contribution is 5.84. The van der Waals surface area contributed by atoms with Crippen LogP contribution in [0.2, 0.25) is 0 Å². The molecule has 0 atom stereocenters. The van der Waals surface area contributed by atoms with E-state index < -0.39 is 0 Å². The molecule has 0 saturated carbocycles. The van der Waals surface area contributed by atoms with Crippen molar-refractivity contribution in [3.05, 3.63) is 94.0 Å². The zero-order chi connectivity index (χ0) is 25.4. The van der Waals surface area contributed by atoms with Crippen molar-refractivity contribution in [1.82, 2.24) is 0 Å². The first-order valence-electron chi connectivity index (χ1n) is 11.5. The van der Waals surface area contributed by atoms with Crippen LogP contribution in [0.3, 0.4) is 0 Å². The second kappa shape index (κ2) is 9.26. The van der Waals surface area contributed by atoms with Crippen LogP contribution in [0.5, 0.6) is 28.7 Å². The topological polar surface area (TPSA) is 73.2 Å². The minimum atomic E-state index is 0.228. The van der Waals surface area contributed by atoms with E-state index in [1.54, 1.807) is 30.3 Å². The van der Waals surface area contributed by atoms with E-state index in [0.717, 1.165) is 50.4 Å². The summed E-state index contributed by atoms with van der Waals surface area (Å²) in [5.41, 5.74) is 8.21. The maximum Gasteiger partial charge on any atom is 0.130 e. The average Bonchev–Trinajstić information content (AvgIpc) is 2.76. The Labute approximate surface area is 206 Å². The van der Waals surface area contributed by atoms with Crippen LogP contribution < -0.4 is 9.64 Å². The molecule has 0 bridgehead atoms. The van der Waals surface area contributed by atoms with Gasteiger partial charge in [0.25, 0.3) is 0 Å².